The summed E-state index contributed by atoms with van der Waals surface area (Å²) in [7, 11) is 1.67. The normalized spacial score (nSPS) is 10.5. The lowest BCUT2D eigenvalue weighted by Gasteiger charge is -2.26. The van der Waals surface area contributed by atoms with E-state index in [1.54, 1.807) is 7.11 Å². The van der Waals surface area contributed by atoms with Crippen LogP contribution in [0.3, 0.4) is 0 Å². The van der Waals surface area contributed by atoms with E-state index in [4.69, 9.17) is 4.74 Å². The Bertz CT molecular complexity index is 765. The molecule has 0 heterocycles. The van der Waals surface area contributed by atoms with Gasteiger partial charge in [-0.2, -0.15) is 0 Å². The van der Waals surface area contributed by atoms with Crippen molar-refractivity contribution in [3.63, 3.8) is 0 Å². The molecule has 0 aliphatic heterocycles. The van der Waals surface area contributed by atoms with Crippen LogP contribution in [0.15, 0.2) is 72.8 Å². The van der Waals surface area contributed by atoms with E-state index >= 15 is 0 Å². The molecule has 0 radical (unpaired) electrons. The molecule has 24 heavy (non-hydrogen) atoms. The van der Waals surface area contributed by atoms with Gasteiger partial charge in [-0.3, -0.25) is 0 Å². The van der Waals surface area contributed by atoms with Gasteiger partial charge >= 0.3 is 0 Å². The standard InChI is InChI=1S/C21H21NO2/c1-16-9-11-18(12-10-16)22(19-6-3-5-17(13-19)15-23)20-7-4-8-21(14-20)24-2/h3-14,23H,15H2,1-2H3. The molecule has 0 aliphatic carbocycles. The molecule has 0 bridgehead atoms. The summed E-state index contributed by atoms with van der Waals surface area (Å²) in [4.78, 5) is 2.15. The third-order valence-corrected chi connectivity index (χ3v) is 3.96. The van der Waals surface area contributed by atoms with E-state index in [0.29, 0.717) is 0 Å². The van der Waals surface area contributed by atoms with Gasteiger partial charge in [0.05, 0.1) is 13.7 Å². The van der Waals surface area contributed by atoms with Crippen molar-refractivity contribution in [2.24, 2.45) is 0 Å². The second-order valence-corrected chi connectivity index (χ2v) is 5.70. The van der Waals surface area contributed by atoms with Gasteiger partial charge in [0.1, 0.15) is 5.75 Å². The predicted octanol–water partition coefficient (Wildman–Crippen LogP) is 4.97. The third kappa shape index (κ3) is 3.42. The highest BCUT2D eigenvalue weighted by Gasteiger charge is 2.13. The largest absolute Gasteiger partial charge is 0.497 e. The fourth-order valence-electron chi connectivity index (χ4n) is 2.68. The molecule has 0 spiro atoms. The number of hydrogen-bond acceptors (Lipinski definition) is 3. The summed E-state index contributed by atoms with van der Waals surface area (Å²) in [5.74, 6) is 0.808. The van der Waals surface area contributed by atoms with E-state index in [9.17, 15) is 5.11 Å². The van der Waals surface area contributed by atoms with Gasteiger partial charge in [0.2, 0.25) is 0 Å². The summed E-state index contributed by atoms with van der Waals surface area (Å²) in [6.45, 7) is 2.10. The monoisotopic (exact) mass is 319 g/mol. The highest BCUT2D eigenvalue weighted by atomic mass is 16.5. The Balaban J connectivity index is 2.14. The second kappa shape index (κ2) is 7.20. The molecule has 3 aromatic rings. The molecule has 1 N–H and O–H groups in total. The van der Waals surface area contributed by atoms with Gasteiger partial charge in [-0.15, -0.1) is 0 Å². The van der Waals surface area contributed by atoms with Gasteiger partial charge in [0, 0.05) is 23.1 Å². The summed E-state index contributed by atoms with van der Waals surface area (Å²) >= 11 is 0. The Morgan fingerprint density at radius 2 is 1.50 bits per heavy atom. The van der Waals surface area contributed by atoms with E-state index in [-0.39, 0.29) is 6.61 Å². The average molecular weight is 319 g/mol. The Morgan fingerprint density at radius 1 is 0.833 bits per heavy atom. The maximum absolute atomic E-state index is 9.47. The first-order chi connectivity index (χ1) is 11.7. The van der Waals surface area contributed by atoms with Gasteiger partial charge in [-0.05, 0) is 48.9 Å². The molecule has 0 unspecified atom stereocenters. The Kier molecular flexibility index (Phi) is 4.82. The summed E-state index contributed by atoms with van der Waals surface area (Å²) in [6.07, 6.45) is 0. The van der Waals surface area contributed by atoms with Gasteiger partial charge < -0.3 is 14.7 Å². The lowest BCUT2D eigenvalue weighted by molar-refractivity contribution is 0.282. The summed E-state index contributed by atoms with van der Waals surface area (Å²) in [5.41, 5.74) is 5.16. The summed E-state index contributed by atoms with van der Waals surface area (Å²) < 4.78 is 5.37. The van der Waals surface area contributed by atoms with Crippen LogP contribution >= 0.6 is 0 Å². The Hall–Kier alpha value is -2.78. The fourth-order valence-corrected chi connectivity index (χ4v) is 2.68. The van der Waals surface area contributed by atoms with Crippen LogP contribution in [0.25, 0.3) is 0 Å². The maximum atomic E-state index is 9.47. The highest BCUT2D eigenvalue weighted by Crippen LogP contribution is 2.36. The molecule has 3 rings (SSSR count). The number of aryl methyl sites for hydroxylation is 1. The van der Waals surface area contributed by atoms with Crippen molar-refractivity contribution in [2.75, 3.05) is 12.0 Å². The zero-order valence-electron chi connectivity index (χ0n) is 13.9. The first kappa shape index (κ1) is 16.1. The number of aliphatic hydroxyl groups excluding tert-OH is 1. The minimum absolute atomic E-state index is 0.0215. The van der Waals surface area contributed by atoms with Crippen LogP contribution in [0.1, 0.15) is 11.1 Å². The zero-order chi connectivity index (χ0) is 16.9. The lowest BCUT2D eigenvalue weighted by atomic mass is 10.1. The summed E-state index contributed by atoms with van der Waals surface area (Å²) in [6, 6.07) is 24.3. The first-order valence-corrected chi connectivity index (χ1v) is 7.92. The van der Waals surface area contributed by atoms with Crippen LogP contribution in [0, 0.1) is 6.92 Å². The minimum atomic E-state index is 0.0215. The summed E-state index contributed by atoms with van der Waals surface area (Å²) in [5, 5.41) is 9.47. The van der Waals surface area contributed by atoms with Gasteiger partial charge in [0.15, 0.2) is 0 Å². The van der Waals surface area contributed by atoms with Crippen molar-refractivity contribution >= 4 is 17.1 Å². The van der Waals surface area contributed by atoms with Crippen molar-refractivity contribution in [3.05, 3.63) is 83.9 Å². The number of aliphatic hydroxyl groups is 1. The number of rotatable bonds is 5. The van der Waals surface area contributed by atoms with E-state index in [0.717, 1.165) is 28.4 Å². The number of anilines is 3. The van der Waals surface area contributed by atoms with E-state index < -0.39 is 0 Å². The average Bonchev–Trinajstić information content (AvgIpc) is 2.64. The molecule has 3 heteroatoms. The van der Waals surface area contributed by atoms with Gasteiger partial charge in [0.25, 0.3) is 0 Å². The molecule has 0 fully saturated rings. The number of hydrogen-bond donors (Lipinski definition) is 1. The van der Waals surface area contributed by atoms with Crippen LogP contribution in [-0.4, -0.2) is 12.2 Å². The number of nitrogens with zero attached hydrogens (tertiary/aromatic N) is 1. The Morgan fingerprint density at radius 3 is 2.17 bits per heavy atom. The van der Waals surface area contributed by atoms with Gasteiger partial charge in [-0.25, -0.2) is 0 Å². The molecular formula is C21H21NO2. The predicted molar refractivity (Wildman–Crippen MR) is 98.3 cm³/mol. The quantitative estimate of drug-likeness (QED) is 0.721. The number of benzene rings is 3. The molecule has 0 atom stereocenters. The molecule has 0 saturated carbocycles. The zero-order valence-corrected chi connectivity index (χ0v) is 13.9. The van der Waals surface area contributed by atoms with Crippen molar-refractivity contribution in [2.45, 2.75) is 13.5 Å². The smallest absolute Gasteiger partial charge is 0.120 e. The third-order valence-electron chi connectivity index (χ3n) is 3.96. The van der Waals surface area contributed by atoms with Crippen LogP contribution < -0.4 is 9.64 Å². The van der Waals surface area contributed by atoms with E-state index in [2.05, 4.69) is 36.1 Å². The van der Waals surface area contributed by atoms with E-state index in [1.165, 1.54) is 5.56 Å². The van der Waals surface area contributed by atoms with Crippen LogP contribution in [0.2, 0.25) is 0 Å². The highest BCUT2D eigenvalue weighted by molar-refractivity contribution is 5.77. The molecule has 0 saturated heterocycles. The van der Waals surface area contributed by atoms with Crippen molar-refractivity contribution in [3.8, 4) is 5.75 Å². The van der Waals surface area contributed by atoms with Crippen LogP contribution in [0.5, 0.6) is 5.75 Å². The molecule has 0 aliphatic rings. The van der Waals surface area contributed by atoms with Crippen LogP contribution in [-0.2, 0) is 6.61 Å². The molecule has 3 nitrogen and oxygen atoms in total. The van der Waals surface area contributed by atoms with Crippen molar-refractivity contribution in [1.29, 1.82) is 0 Å². The first-order valence-electron chi connectivity index (χ1n) is 7.92. The topological polar surface area (TPSA) is 32.7 Å². The number of ether oxygens (including phenoxy) is 1. The van der Waals surface area contributed by atoms with E-state index in [1.807, 2.05) is 48.5 Å². The lowest BCUT2D eigenvalue weighted by Crippen LogP contribution is -2.10. The minimum Gasteiger partial charge on any atom is -0.497 e. The Labute approximate surface area is 142 Å². The number of methoxy groups -OCH3 is 1. The van der Waals surface area contributed by atoms with Gasteiger partial charge in [-0.1, -0.05) is 35.9 Å². The molecular weight excluding hydrogens is 298 g/mol. The molecule has 0 amide bonds. The molecule has 122 valence electrons. The van der Waals surface area contributed by atoms with Crippen molar-refractivity contribution < 1.29 is 9.84 Å². The molecule has 0 aromatic heterocycles. The van der Waals surface area contributed by atoms with Crippen molar-refractivity contribution in [1.82, 2.24) is 0 Å². The fraction of sp³-hybridized carbons (Fsp3) is 0.143. The molecule has 3 aromatic carbocycles. The maximum Gasteiger partial charge on any atom is 0.120 e. The second-order valence-electron chi connectivity index (χ2n) is 5.70. The SMILES string of the molecule is COc1cccc(N(c2ccc(C)cc2)c2cccc(CO)c2)c1. The van der Waals surface area contributed by atoms with Crippen LogP contribution in [0.4, 0.5) is 17.1 Å².